The number of carboxylic acid groups (broad SMARTS) is 1. The maximum Gasteiger partial charge on any atom is 0.472 e. The molecule has 0 bridgehead atoms. The van der Waals surface area contributed by atoms with E-state index in [9.17, 15) is 23.8 Å². The number of phosphoric ester groups is 1. The van der Waals surface area contributed by atoms with Gasteiger partial charge in [-0.3, -0.25) is 23.4 Å². The minimum absolute atomic E-state index is 0.170. The molecule has 4 N–H and O–H groups in total. The number of carbonyl (C=O) groups excluding carboxylic acids is 2. The third-order valence-electron chi connectivity index (χ3n) is 11.1. The quantitative estimate of drug-likeness (QED) is 0.0302. The summed E-state index contributed by atoms with van der Waals surface area (Å²) in [6.07, 6.45) is 43.0. The molecule has 0 spiro atoms. The number of hydrogen-bond acceptors (Lipinski definition) is 9. The number of hydrogen-bond donors (Lipinski definition) is 3. The fourth-order valence-electron chi connectivity index (χ4n) is 7.24. The number of carboxylic acids is 1. The molecule has 0 saturated carbocycles. The number of unbranched alkanes of at least 4 members (excludes halogenated alkanes) is 33. The summed E-state index contributed by atoms with van der Waals surface area (Å²) >= 11 is 0. The van der Waals surface area contributed by atoms with E-state index in [1.54, 1.807) is 0 Å². The van der Waals surface area contributed by atoms with Gasteiger partial charge in [-0.1, -0.05) is 226 Å². The lowest BCUT2D eigenvalue weighted by Gasteiger charge is -2.20. The molecule has 0 aliphatic carbocycles. The van der Waals surface area contributed by atoms with Crippen LogP contribution in [0.4, 0.5) is 0 Å². The highest BCUT2D eigenvalue weighted by atomic mass is 31.2. The van der Waals surface area contributed by atoms with Gasteiger partial charge in [-0.25, -0.2) is 4.57 Å². The van der Waals surface area contributed by atoms with Crippen molar-refractivity contribution in [1.29, 1.82) is 0 Å². The van der Waals surface area contributed by atoms with Crippen molar-refractivity contribution in [3.63, 3.8) is 0 Å². The Morgan fingerprint density at radius 1 is 0.458 bits per heavy atom. The number of esters is 2. The van der Waals surface area contributed by atoms with E-state index in [2.05, 4.69) is 18.4 Å². The summed E-state index contributed by atoms with van der Waals surface area (Å²) in [4.78, 5) is 46.1. The van der Waals surface area contributed by atoms with Crippen LogP contribution in [0.25, 0.3) is 0 Å². The summed E-state index contributed by atoms with van der Waals surface area (Å²) in [7, 11) is -4.71. The van der Waals surface area contributed by atoms with Gasteiger partial charge in [0.25, 0.3) is 0 Å². The molecule has 0 rings (SSSR count). The van der Waals surface area contributed by atoms with E-state index in [0.29, 0.717) is 12.8 Å². The smallest absolute Gasteiger partial charge is 0.472 e. The molecule has 350 valence electrons. The van der Waals surface area contributed by atoms with Crippen LogP contribution in [0.3, 0.4) is 0 Å². The molecule has 0 saturated heterocycles. The molecule has 0 aromatic carbocycles. The molecule has 59 heavy (non-hydrogen) atoms. The lowest BCUT2D eigenvalue weighted by Crippen LogP contribution is -2.34. The Morgan fingerprint density at radius 2 is 0.746 bits per heavy atom. The fourth-order valence-corrected chi connectivity index (χ4v) is 8.02. The molecule has 1 unspecified atom stereocenters. The van der Waals surface area contributed by atoms with Crippen molar-refractivity contribution in [2.75, 3.05) is 19.8 Å². The maximum atomic E-state index is 12.7. The Kier molecular flexibility index (Phi) is 42.0. The molecular formula is C47H92NO10P. The summed E-state index contributed by atoms with van der Waals surface area (Å²) in [6, 6.07) is -1.52. The van der Waals surface area contributed by atoms with E-state index in [1.165, 1.54) is 173 Å². The Bertz CT molecular complexity index is 1020. The average Bonchev–Trinajstić information content (AvgIpc) is 3.21. The first-order chi connectivity index (χ1) is 28.6. The summed E-state index contributed by atoms with van der Waals surface area (Å²) in [5, 5.41) is 8.91. The van der Waals surface area contributed by atoms with Gasteiger partial charge >= 0.3 is 25.7 Å². The van der Waals surface area contributed by atoms with Crippen LogP contribution < -0.4 is 5.73 Å². The average molecular weight is 862 g/mol. The van der Waals surface area contributed by atoms with Gasteiger partial charge in [0.05, 0.1) is 13.2 Å². The highest BCUT2D eigenvalue weighted by Gasteiger charge is 2.28. The van der Waals surface area contributed by atoms with Gasteiger partial charge in [-0.2, -0.15) is 0 Å². The zero-order chi connectivity index (χ0) is 43.5. The number of carbonyl (C=O) groups is 3. The van der Waals surface area contributed by atoms with Crippen molar-refractivity contribution < 1.29 is 47.5 Å². The number of ether oxygens (including phenoxy) is 2. The molecule has 0 heterocycles. The Hall–Kier alpha value is -1.52. The van der Waals surface area contributed by atoms with Gasteiger partial charge in [0.2, 0.25) is 0 Å². The lowest BCUT2D eigenvalue weighted by molar-refractivity contribution is -0.161. The Morgan fingerprint density at radius 3 is 1.07 bits per heavy atom. The monoisotopic (exact) mass is 862 g/mol. The molecule has 0 fully saturated rings. The predicted molar refractivity (Wildman–Crippen MR) is 240 cm³/mol. The van der Waals surface area contributed by atoms with Gasteiger partial charge in [-0.15, -0.1) is 0 Å². The van der Waals surface area contributed by atoms with Crippen LogP contribution in [-0.2, 0) is 37.5 Å². The van der Waals surface area contributed by atoms with Crippen LogP contribution in [0.15, 0.2) is 0 Å². The summed E-state index contributed by atoms with van der Waals surface area (Å²) in [5.74, 6) is -2.35. The van der Waals surface area contributed by atoms with Crippen molar-refractivity contribution >= 4 is 25.7 Å². The zero-order valence-electron chi connectivity index (χ0n) is 38.1. The van der Waals surface area contributed by atoms with E-state index in [-0.39, 0.29) is 19.4 Å². The van der Waals surface area contributed by atoms with E-state index in [0.717, 1.165) is 38.5 Å². The van der Waals surface area contributed by atoms with Crippen molar-refractivity contribution in [3.05, 3.63) is 0 Å². The van der Waals surface area contributed by atoms with Crippen molar-refractivity contribution in [2.24, 2.45) is 5.73 Å². The second-order valence-corrected chi connectivity index (χ2v) is 18.4. The molecule has 11 nitrogen and oxygen atoms in total. The summed E-state index contributed by atoms with van der Waals surface area (Å²) in [6.45, 7) is 2.86. The SMILES string of the molecule is CCCCCCCCCCCCCCCCCCCCCC(=O)O[C@H](COC(=O)CCCCCCCCCCCCCCCCCC)COP(=O)(O)OC[C@H](N)C(=O)O. The maximum absolute atomic E-state index is 12.7. The van der Waals surface area contributed by atoms with Gasteiger partial charge in [0.1, 0.15) is 12.6 Å². The lowest BCUT2D eigenvalue weighted by atomic mass is 10.0. The van der Waals surface area contributed by atoms with Gasteiger partial charge < -0.3 is 25.2 Å². The molecule has 0 radical (unpaired) electrons. The van der Waals surface area contributed by atoms with Crippen molar-refractivity contribution in [1.82, 2.24) is 0 Å². The van der Waals surface area contributed by atoms with Crippen LogP contribution in [0.1, 0.15) is 251 Å². The molecule has 0 aromatic heterocycles. The fraction of sp³-hybridized carbons (Fsp3) is 0.936. The molecule has 0 aliphatic heterocycles. The van der Waals surface area contributed by atoms with E-state index in [1.807, 2.05) is 0 Å². The first-order valence-electron chi connectivity index (χ1n) is 24.6. The van der Waals surface area contributed by atoms with Gasteiger partial charge in [-0.05, 0) is 12.8 Å². The van der Waals surface area contributed by atoms with E-state index < -0.39 is 51.1 Å². The molecule has 0 aromatic rings. The predicted octanol–water partition coefficient (Wildman–Crippen LogP) is 13.5. The zero-order valence-corrected chi connectivity index (χ0v) is 39.0. The van der Waals surface area contributed by atoms with Crippen molar-refractivity contribution in [2.45, 2.75) is 264 Å². The third kappa shape index (κ3) is 42.9. The standard InChI is InChI=1S/C47H92NO10P/c1-3-5-7-9-11-13-15-17-19-21-22-23-25-27-29-31-33-35-37-39-46(50)58-43(41-56-59(53,54)57-42-44(48)47(51)52)40-55-45(49)38-36-34-32-30-28-26-24-20-18-16-14-12-10-8-6-4-2/h43-44H,3-42,48H2,1-2H3,(H,51,52)(H,53,54)/t43-,44+/m1/s1. The summed E-state index contributed by atoms with van der Waals surface area (Å²) in [5.41, 5.74) is 5.35. The minimum atomic E-state index is -4.71. The number of phosphoric acid groups is 1. The molecule has 3 atom stereocenters. The minimum Gasteiger partial charge on any atom is -0.480 e. The first-order valence-corrected chi connectivity index (χ1v) is 26.1. The highest BCUT2D eigenvalue weighted by molar-refractivity contribution is 7.47. The second kappa shape index (κ2) is 43.1. The van der Waals surface area contributed by atoms with E-state index >= 15 is 0 Å². The van der Waals surface area contributed by atoms with Crippen molar-refractivity contribution in [3.8, 4) is 0 Å². The molecule has 12 heteroatoms. The van der Waals surface area contributed by atoms with Crippen LogP contribution >= 0.6 is 7.82 Å². The van der Waals surface area contributed by atoms with Crippen LogP contribution in [0.2, 0.25) is 0 Å². The number of rotatable bonds is 47. The topological polar surface area (TPSA) is 172 Å². The third-order valence-corrected chi connectivity index (χ3v) is 12.1. The van der Waals surface area contributed by atoms with Gasteiger partial charge in [0.15, 0.2) is 6.10 Å². The van der Waals surface area contributed by atoms with E-state index in [4.69, 9.17) is 24.8 Å². The van der Waals surface area contributed by atoms with Crippen LogP contribution in [0, 0.1) is 0 Å². The molecular weight excluding hydrogens is 769 g/mol. The normalized spacial score (nSPS) is 13.6. The second-order valence-electron chi connectivity index (χ2n) is 17.0. The first kappa shape index (κ1) is 57.5. The summed E-state index contributed by atoms with van der Waals surface area (Å²) < 4.78 is 32.8. The number of nitrogens with two attached hydrogens (primary N) is 1. The van der Waals surface area contributed by atoms with Crippen LogP contribution in [0.5, 0.6) is 0 Å². The molecule has 0 amide bonds. The highest BCUT2D eigenvalue weighted by Crippen LogP contribution is 2.43. The Labute approximate surface area is 361 Å². The largest absolute Gasteiger partial charge is 0.480 e. The Balaban J connectivity index is 4.23. The van der Waals surface area contributed by atoms with Gasteiger partial charge in [0, 0.05) is 12.8 Å². The van der Waals surface area contributed by atoms with Crippen LogP contribution in [-0.4, -0.2) is 59.9 Å². The number of aliphatic carboxylic acids is 1. The molecule has 0 aliphatic rings.